The Morgan fingerprint density at radius 3 is 2.45 bits per heavy atom. The van der Waals surface area contributed by atoms with Gasteiger partial charge < -0.3 is 0 Å². The molecule has 1 aromatic heterocycles. The van der Waals surface area contributed by atoms with Crippen molar-refractivity contribution in [1.29, 1.82) is 0 Å². The maximum Gasteiger partial charge on any atom is 0.416 e. The first-order valence-electron chi connectivity index (χ1n) is 8.58. The average molecular weight is 453 g/mol. The molecule has 0 spiro atoms. The summed E-state index contributed by atoms with van der Waals surface area (Å²) in [7, 11) is 0. The molecule has 0 bridgehead atoms. The summed E-state index contributed by atoms with van der Waals surface area (Å²) in [5, 5.41) is 0.0179. The second kappa shape index (κ2) is 9.00. The molecule has 2 aromatic carbocycles. The van der Waals surface area contributed by atoms with Crippen molar-refractivity contribution >= 4 is 29.5 Å². The molecule has 0 aliphatic rings. The lowest BCUT2D eigenvalue weighted by Crippen LogP contribution is -2.41. The van der Waals surface area contributed by atoms with E-state index in [0.29, 0.717) is 5.69 Å². The number of alkyl halides is 3. The largest absolute Gasteiger partial charge is 0.416 e. The first-order valence-corrected chi connectivity index (χ1v) is 8.96. The Kier molecular flexibility index (Phi) is 6.40. The highest BCUT2D eigenvalue weighted by molar-refractivity contribution is 6.32. The highest BCUT2D eigenvalue weighted by atomic mass is 35.5. The zero-order valence-corrected chi connectivity index (χ0v) is 16.2. The van der Waals surface area contributed by atoms with E-state index in [-0.39, 0.29) is 16.3 Å². The lowest BCUT2D eigenvalue weighted by molar-refractivity contribution is -0.137. The Morgan fingerprint density at radius 2 is 1.77 bits per heavy atom. The number of hydrogen-bond donors (Lipinski definition) is 2. The van der Waals surface area contributed by atoms with Crippen LogP contribution in [0.15, 0.2) is 61.1 Å². The minimum absolute atomic E-state index is 0.0179. The van der Waals surface area contributed by atoms with Crippen molar-refractivity contribution in [1.82, 2.24) is 20.4 Å². The van der Waals surface area contributed by atoms with Crippen molar-refractivity contribution in [2.24, 2.45) is 0 Å². The van der Waals surface area contributed by atoms with Crippen molar-refractivity contribution < 1.29 is 27.2 Å². The van der Waals surface area contributed by atoms with E-state index in [4.69, 9.17) is 11.6 Å². The number of hydrazine groups is 1. The van der Waals surface area contributed by atoms with Crippen LogP contribution < -0.4 is 10.9 Å². The molecule has 0 unspecified atom stereocenters. The Labute approximate surface area is 178 Å². The zero-order valence-electron chi connectivity index (χ0n) is 15.5. The molecule has 31 heavy (non-hydrogen) atoms. The third-order valence-electron chi connectivity index (χ3n) is 4.01. The van der Waals surface area contributed by atoms with Crippen molar-refractivity contribution in [2.75, 3.05) is 0 Å². The van der Waals surface area contributed by atoms with E-state index in [2.05, 4.69) is 15.8 Å². The molecule has 11 heteroatoms. The molecule has 0 radical (unpaired) electrons. The summed E-state index contributed by atoms with van der Waals surface area (Å²) in [5.41, 5.74) is 3.84. The average Bonchev–Trinajstić information content (AvgIpc) is 3.21. The van der Waals surface area contributed by atoms with Gasteiger partial charge in [-0.3, -0.25) is 25.0 Å². The Hall–Kier alpha value is -3.66. The van der Waals surface area contributed by atoms with Crippen molar-refractivity contribution in [3.05, 3.63) is 88.7 Å². The van der Waals surface area contributed by atoms with Crippen LogP contribution in [0.3, 0.4) is 0 Å². The van der Waals surface area contributed by atoms with Gasteiger partial charge in [0.15, 0.2) is 0 Å². The summed E-state index contributed by atoms with van der Waals surface area (Å²) in [5.74, 6) is -1.98. The molecule has 0 saturated heterocycles. The number of amides is 2. The Bertz CT molecular complexity index is 1140. The molecule has 6 nitrogen and oxygen atoms in total. The van der Waals surface area contributed by atoms with Crippen LogP contribution in [0.4, 0.5) is 17.6 Å². The monoisotopic (exact) mass is 452 g/mol. The third-order valence-corrected chi connectivity index (χ3v) is 4.36. The minimum Gasteiger partial charge on any atom is -0.295 e. The smallest absolute Gasteiger partial charge is 0.295 e. The summed E-state index contributed by atoms with van der Waals surface area (Å²) in [6, 6.07) is 7.99. The molecule has 0 aliphatic heterocycles. The minimum atomic E-state index is -4.56. The van der Waals surface area contributed by atoms with E-state index < -0.39 is 29.4 Å². The number of rotatable bonds is 4. The topological polar surface area (TPSA) is 76.0 Å². The quantitative estimate of drug-likeness (QED) is 0.354. The standard InChI is InChI=1S/C20H13ClF4N4O2/c21-16-7-2-13(20(23,24)25)9-12(16)1-8-18(30)27-28-19(31)17-10-26-11-29(17)15-5-3-14(22)4-6-15/h1-11H,(H,27,30)(H,28,31). The van der Waals surface area contributed by atoms with Gasteiger partial charge in [-0.25, -0.2) is 9.37 Å². The first kappa shape index (κ1) is 22.0. The third kappa shape index (κ3) is 5.48. The number of nitrogens with zero attached hydrogens (tertiary/aromatic N) is 2. The second-order valence-electron chi connectivity index (χ2n) is 6.14. The highest BCUT2D eigenvalue weighted by Gasteiger charge is 2.30. The summed E-state index contributed by atoms with van der Waals surface area (Å²) in [6.07, 6.45) is 0.0141. The van der Waals surface area contributed by atoms with E-state index in [1.165, 1.54) is 41.4 Å². The second-order valence-corrected chi connectivity index (χ2v) is 6.54. The molecule has 3 aromatic rings. The molecule has 0 saturated carbocycles. The van der Waals surface area contributed by atoms with E-state index >= 15 is 0 Å². The number of halogens is 5. The van der Waals surface area contributed by atoms with E-state index in [0.717, 1.165) is 30.4 Å². The lowest BCUT2D eigenvalue weighted by Gasteiger charge is -2.09. The summed E-state index contributed by atoms with van der Waals surface area (Å²) in [6.45, 7) is 0. The molecule has 160 valence electrons. The van der Waals surface area contributed by atoms with Crippen LogP contribution in [0, 0.1) is 5.82 Å². The Balaban J connectivity index is 1.65. The molecular weight excluding hydrogens is 440 g/mol. The van der Waals surface area contributed by atoms with Gasteiger partial charge in [0.05, 0.1) is 18.1 Å². The Morgan fingerprint density at radius 1 is 1.06 bits per heavy atom. The molecule has 0 aliphatic carbocycles. The number of benzene rings is 2. The van der Waals surface area contributed by atoms with Crippen LogP contribution in [0.2, 0.25) is 5.02 Å². The predicted molar refractivity (Wildman–Crippen MR) is 105 cm³/mol. The van der Waals surface area contributed by atoms with Crippen LogP contribution in [0.5, 0.6) is 0 Å². The van der Waals surface area contributed by atoms with Crippen LogP contribution in [-0.4, -0.2) is 21.4 Å². The van der Waals surface area contributed by atoms with Crippen LogP contribution in [0.25, 0.3) is 11.8 Å². The number of carbonyl (C=O) groups is 2. The fourth-order valence-corrected chi connectivity index (χ4v) is 2.69. The zero-order chi connectivity index (χ0) is 22.6. The molecular formula is C20H13ClF4N4O2. The fraction of sp³-hybridized carbons (Fsp3) is 0.0500. The molecule has 2 amide bonds. The lowest BCUT2D eigenvalue weighted by atomic mass is 10.1. The molecule has 0 fully saturated rings. The number of aromatic nitrogens is 2. The number of imidazole rings is 1. The summed E-state index contributed by atoms with van der Waals surface area (Å²) >= 11 is 5.86. The SMILES string of the molecule is O=C(C=Cc1cc(C(F)(F)F)ccc1Cl)NNC(=O)c1cncn1-c1ccc(F)cc1. The molecule has 0 atom stereocenters. The normalized spacial score (nSPS) is 11.5. The van der Waals surface area contributed by atoms with Gasteiger partial charge in [-0.1, -0.05) is 11.6 Å². The van der Waals surface area contributed by atoms with E-state index in [1.807, 2.05) is 0 Å². The number of hydrogen-bond acceptors (Lipinski definition) is 3. The maximum atomic E-state index is 13.1. The van der Waals surface area contributed by atoms with Gasteiger partial charge >= 0.3 is 6.18 Å². The van der Waals surface area contributed by atoms with Gasteiger partial charge in [0.25, 0.3) is 11.8 Å². The van der Waals surface area contributed by atoms with Crippen LogP contribution in [-0.2, 0) is 11.0 Å². The van der Waals surface area contributed by atoms with Gasteiger partial charge in [-0.15, -0.1) is 0 Å². The van der Waals surface area contributed by atoms with Crippen LogP contribution >= 0.6 is 11.6 Å². The molecule has 1 heterocycles. The molecule has 3 rings (SSSR count). The van der Waals surface area contributed by atoms with Gasteiger partial charge in [-0.2, -0.15) is 13.2 Å². The van der Waals surface area contributed by atoms with Crippen molar-refractivity contribution in [3.8, 4) is 5.69 Å². The van der Waals surface area contributed by atoms with Crippen LogP contribution in [0.1, 0.15) is 21.6 Å². The number of nitrogens with one attached hydrogen (secondary N) is 2. The first-order chi connectivity index (χ1) is 14.6. The highest BCUT2D eigenvalue weighted by Crippen LogP contribution is 2.32. The van der Waals surface area contributed by atoms with Gasteiger partial charge in [-0.05, 0) is 54.1 Å². The fourth-order valence-electron chi connectivity index (χ4n) is 2.51. The van der Waals surface area contributed by atoms with E-state index in [1.54, 1.807) is 0 Å². The van der Waals surface area contributed by atoms with Crippen molar-refractivity contribution in [3.63, 3.8) is 0 Å². The van der Waals surface area contributed by atoms with Crippen molar-refractivity contribution in [2.45, 2.75) is 6.18 Å². The molecule has 2 N–H and O–H groups in total. The van der Waals surface area contributed by atoms with Gasteiger partial charge in [0.2, 0.25) is 0 Å². The number of carbonyl (C=O) groups excluding carboxylic acids is 2. The van der Waals surface area contributed by atoms with Gasteiger partial charge in [0.1, 0.15) is 11.5 Å². The summed E-state index contributed by atoms with van der Waals surface area (Å²) in [4.78, 5) is 28.1. The van der Waals surface area contributed by atoms with Gasteiger partial charge in [0, 0.05) is 16.8 Å². The van der Waals surface area contributed by atoms with E-state index in [9.17, 15) is 27.2 Å². The predicted octanol–water partition coefficient (Wildman–Crippen LogP) is 4.16. The maximum absolute atomic E-state index is 13.1. The summed E-state index contributed by atoms with van der Waals surface area (Å²) < 4.78 is 52.8.